The largest absolute Gasteiger partial charge is 0.493 e. The highest BCUT2D eigenvalue weighted by Gasteiger charge is 1.98. The van der Waals surface area contributed by atoms with E-state index in [1.54, 1.807) is 0 Å². The van der Waals surface area contributed by atoms with Crippen LogP contribution >= 0.6 is 0 Å². The Kier molecular flexibility index (Phi) is 6.87. The fourth-order valence-electron chi connectivity index (χ4n) is 1.56. The second kappa shape index (κ2) is 8.53. The molecule has 1 aromatic rings. The fourth-order valence-corrected chi connectivity index (χ4v) is 1.56. The number of hydrogen-bond donors (Lipinski definition) is 2. The minimum Gasteiger partial charge on any atom is -0.493 e. The van der Waals surface area contributed by atoms with Gasteiger partial charge in [-0.25, -0.2) is 0 Å². The van der Waals surface area contributed by atoms with Crippen LogP contribution in [0.1, 0.15) is 26.7 Å². The van der Waals surface area contributed by atoms with Gasteiger partial charge in [0.2, 0.25) is 5.91 Å². The van der Waals surface area contributed by atoms with E-state index in [-0.39, 0.29) is 5.91 Å². The standard InChI is InChI=1S/C14H22N2O2/c1-3-8-15-9-5-10-18-14-7-4-6-13(11-14)16-12(2)17/h4,6-7,11,15H,3,5,8-10H2,1-2H3,(H,16,17). The first-order valence-corrected chi connectivity index (χ1v) is 6.43. The van der Waals surface area contributed by atoms with Crippen molar-refractivity contribution < 1.29 is 9.53 Å². The van der Waals surface area contributed by atoms with Crippen LogP contribution in [0, 0.1) is 0 Å². The Morgan fingerprint density at radius 1 is 1.33 bits per heavy atom. The van der Waals surface area contributed by atoms with E-state index in [0.717, 1.165) is 37.4 Å². The van der Waals surface area contributed by atoms with Gasteiger partial charge in [0.15, 0.2) is 0 Å². The molecule has 1 aromatic carbocycles. The molecule has 18 heavy (non-hydrogen) atoms. The summed E-state index contributed by atoms with van der Waals surface area (Å²) >= 11 is 0. The Hall–Kier alpha value is -1.55. The minimum atomic E-state index is -0.0732. The van der Waals surface area contributed by atoms with E-state index in [2.05, 4.69) is 17.6 Å². The van der Waals surface area contributed by atoms with E-state index in [9.17, 15) is 4.79 Å². The highest BCUT2D eigenvalue weighted by atomic mass is 16.5. The van der Waals surface area contributed by atoms with Crippen molar-refractivity contribution in [1.29, 1.82) is 0 Å². The summed E-state index contributed by atoms with van der Waals surface area (Å²) in [5, 5.41) is 6.05. The van der Waals surface area contributed by atoms with Crippen molar-refractivity contribution >= 4 is 11.6 Å². The van der Waals surface area contributed by atoms with E-state index in [0.29, 0.717) is 6.61 Å². The van der Waals surface area contributed by atoms with Crippen LogP contribution in [0.5, 0.6) is 5.75 Å². The zero-order valence-corrected chi connectivity index (χ0v) is 11.2. The van der Waals surface area contributed by atoms with Crippen molar-refractivity contribution in [3.05, 3.63) is 24.3 Å². The molecule has 0 spiro atoms. The molecular formula is C14H22N2O2. The molecule has 0 aliphatic heterocycles. The second-order valence-corrected chi connectivity index (χ2v) is 4.16. The van der Waals surface area contributed by atoms with Gasteiger partial charge in [0.25, 0.3) is 0 Å². The lowest BCUT2D eigenvalue weighted by Gasteiger charge is -2.08. The lowest BCUT2D eigenvalue weighted by atomic mass is 10.3. The normalized spacial score (nSPS) is 10.1. The van der Waals surface area contributed by atoms with Crippen molar-refractivity contribution in [2.45, 2.75) is 26.7 Å². The molecule has 0 bridgehead atoms. The quantitative estimate of drug-likeness (QED) is 0.697. The van der Waals surface area contributed by atoms with Gasteiger partial charge in [-0.05, 0) is 38.1 Å². The van der Waals surface area contributed by atoms with Crippen molar-refractivity contribution in [1.82, 2.24) is 5.32 Å². The molecule has 0 aliphatic carbocycles. The lowest BCUT2D eigenvalue weighted by Crippen LogP contribution is -2.18. The Morgan fingerprint density at radius 2 is 2.17 bits per heavy atom. The average molecular weight is 250 g/mol. The predicted octanol–water partition coefficient (Wildman–Crippen LogP) is 2.41. The molecule has 0 saturated heterocycles. The van der Waals surface area contributed by atoms with Crippen LogP contribution < -0.4 is 15.4 Å². The van der Waals surface area contributed by atoms with Crippen LogP contribution in [0.25, 0.3) is 0 Å². The molecule has 0 fully saturated rings. The number of rotatable bonds is 8. The van der Waals surface area contributed by atoms with Crippen LogP contribution in [0.3, 0.4) is 0 Å². The Labute approximate surface area is 109 Å². The average Bonchev–Trinajstić information content (AvgIpc) is 2.33. The van der Waals surface area contributed by atoms with Gasteiger partial charge in [0.1, 0.15) is 5.75 Å². The summed E-state index contributed by atoms with van der Waals surface area (Å²) in [6, 6.07) is 7.44. The molecule has 1 amide bonds. The van der Waals surface area contributed by atoms with Gasteiger partial charge >= 0.3 is 0 Å². The summed E-state index contributed by atoms with van der Waals surface area (Å²) in [6.45, 7) is 6.35. The number of hydrogen-bond acceptors (Lipinski definition) is 3. The first-order chi connectivity index (χ1) is 8.72. The molecule has 0 aliphatic rings. The van der Waals surface area contributed by atoms with Gasteiger partial charge in [-0.15, -0.1) is 0 Å². The van der Waals surface area contributed by atoms with Gasteiger partial charge in [0, 0.05) is 18.7 Å². The third kappa shape index (κ3) is 6.25. The smallest absolute Gasteiger partial charge is 0.221 e. The minimum absolute atomic E-state index is 0.0732. The third-order valence-corrected chi connectivity index (χ3v) is 2.35. The second-order valence-electron chi connectivity index (χ2n) is 4.16. The summed E-state index contributed by atoms with van der Waals surface area (Å²) in [5.74, 6) is 0.715. The zero-order chi connectivity index (χ0) is 13.2. The van der Waals surface area contributed by atoms with Crippen LogP contribution in [-0.4, -0.2) is 25.6 Å². The highest BCUT2D eigenvalue weighted by Crippen LogP contribution is 2.17. The topological polar surface area (TPSA) is 50.4 Å². The molecule has 0 atom stereocenters. The molecule has 0 radical (unpaired) electrons. The number of anilines is 1. The monoisotopic (exact) mass is 250 g/mol. The van der Waals surface area contributed by atoms with Crippen molar-refractivity contribution in [2.75, 3.05) is 25.0 Å². The van der Waals surface area contributed by atoms with E-state index in [1.165, 1.54) is 6.92 Å². The number of carbonyl (C=O) groups excluding carboxylic acids is 1. The first kappa shape index (κ1) is 14.5. The van der Waals surface area contributed by atoms with E-state index in [1.807, 2.05) is 24.3 Å². The van der Waals surface area contributed by atoms with Gasteiger partial charge < -0.3 is 15.4 Å². The number of nitrogens with one attached hydrogen (secondary N) is 2. The molecule has 0 unspecified atom stereocenters. The highest BCUT2D eigenvalue weighted by molar-refractivity contribution is 5.88. The number of ether oxygens (including phenoxy) is 1. The number of amides is 1. The van der Waals surface area contributed by atoms with Gasteiger partial charge in [0.05, 0.1) is 6.61 Å². The number of benzene rings is 1. The van der Waals surface area contributed by atoms with Crippen LogP contribution in [-0.2, 0) is 4.79 Å². The van der Waals surface area contributed by atoms with Crippen molar-refractivity contribution in [3.8, 4) is 5.75 Å². The summed E-state index contributed by atoms with van der Waals surface area (Å²) in [6.07, 6.45) is 2.13. The van der Waals surface area contributed by atoms with Crippen LogP contribution in [0.2, 0.25) is 0 Å². The lowest BCUT2D eigenvalue weighted by molar-refractivity contribution is -0.114. The predicted molar refractivity (Wildman–Crippen MR) is 74.0 cm³/mol. The number of carbonyl (C=O) groups is 1. The molecule has 100 valence electrons. The van der Waals surface area contributed by atoms with Crippen molar-refractivity contribution in [2.24, 2.45) is 0 Å². The van der Waals surface area contributed by atoms with E-state index < -0.39 is 0 Å². The fraction of sp³-hybridized carbons (Fsp3) is 0.500. The molecule has 0 heterocycles. The zero-order valence-electron chi connectivity index (χ0n) is 11.2. The van der Waals surface area contributed by atoms with Crippen LogP contribution in [0.4, 0.5) is 5.69 Å². The summed E-state index contributed by atoms with van der Waals surface area (Å²) in [5.41, 5.74) is 0.768. The maximum absolute atomic E-state index is 10.9. The third-order valence-electron chi connectivity index (χ3n) is 2.35. The summed E-state index contributed by atoms with van der Waals surface area (Å²) in [7, 11) is 0. The molecule has 0 saturated carbocycles. The SMILES string of the molecule is CCCNCCCOc1cccc(NC(C)=O)c1. The molecular weight excluding hydrogens is 228 g/mol. The van der Waals surface area contributed by atoms with Gasteiger partial charge in [-0.3, -0.25) is 4.79 Å². The van der Waals surface area contributed by atoms with E-state index >= 15 is 0 Å². The Balaban J connectivity index is 2.27. The Bertz CT molecular complexity index is 367. The van der Waals surface area contributed by atoms with Gasteiger partial charge in [-0.1, -0.05) is 13.0 Å². The maximum atomic E-state index is 10.9. The molecule has 2 N–H and O–H groups in total. The summed E-state index contributed by atoms with van der Waals surface area (Å²) < 4.78 is 5.62. The Morgan fingerprint density at radius 3 is 2.89 bits per heavy atom. The van der Waals surface area contributed by atoms with Crippen molar-refractivity contribution in [3.63, 3.8) is 0 Å². The molecule has 4 heteroatoms. The van der Waals surface area contributed by atoms with E-state index in [4.69, 9.17) is 4.74 Å². The van der Waals surface area contributed by atoms with Crippen LogP contribution in [0.15, 0.2) is 24.3 Å². The molecule has 1 rings (SSSR count). The van der Waals surface area contributed by atoms with Gasteiger partial charge in [-0.2, -0.15) is 0 Å². The summed E-state index contributed by atoms with van der Waals surface area (Å²) in [4.78, 5) is 10.9. The molecule has 0 aromatic heterocycles. The molecule has 4 nitrogen and oxygen atoms in total. The first-order valence-electron chi connectivity index (χ1n) is 6.43. The maximum Gasteiger partial charge on any atom is 0.221 e.